The highest BCUT2D eigenvalue weighted by Crippen LogP contribution is 2.10. The van der Waals surface area contributed by atoms with Gasteiger partial charge in [-0.3, -0.25) is 9.59 Å². The van der Waals surface area contributed by atoms with Crippen LogP contribution in [0.15, 0.2) is 24.3 Å². The monoisotopic (exact) mass is 258 g/mol. The van der Waals surface area contributed by atoms with Crippen LogP contribution in [0.5, 0.6) is 0 Å². The van der Waals surface area contributed by atoms with Gasteiger partial charge in [0.1, 0.15) is 0 Å². The molecule has 0 unspecified atom stereocenters. The van der Waals surface area contributed by atoms with Gasteiger partial charge < -0.3 is 15.5 Å². The van der Waals surface area contributed by atoms with Gasteiger partial charge in [-0.15, -0.1) is 0 Å². The Morgan fingerprint density at radius 2 is 2.05 bits per heavy atom. The van der Waals surface area contributed by atoms with Crippen LogP contribution in [-0.4, -0.2) is 42.9 Å². The van der Waals surface area contributed by atoms with E-state index in [1.165, 1.54) is 11.0 Å². The fourth-order valence-corrected chi connectivity index (χ4v) is 1.86. The summed E-state index contributed by atoms with van der Waals surface area (Å²) in [5, 5.41) is 14.4. The first-order valence-corrected chi connectivity index (χ1v) is 6.02. The second kappa shape index (κ2) is 5.98. The van der Waals surface area contributed by atoms with Gasteiger partial charge in [-0.1, -0.05) is 6.07 Å². The van der Waals surface area contributed by atoms with Gasteiger partial charge in [0.15, 0.2) is 0 Å². The number of benzene rings is 1. The number of carbonyl (C=O) groups excluding carboxylic acids is 2. The van der Waals surface area contributed by atoms with Crippen LogP contribution in [0, 0.1) is 11.3 Å². The molecule has 0 aliphatic carbocycles. The van der Waals surface area contributed by atoms with Crippen molar-refractivity contribution >= 4 is 17.5 Å². The van der Waals surface area contributed by atoms with Gasteiger partial charge >= 0.3 is 11.8 Å². The molecule has 6 nitrogen and oxygen atoms in total. The van der Waals surface area contributed by atoms with E-state index in [4.69, 9.17) is 5.26 Å². The Hall–Kier alpha value is -2.39. The minimum Gasteiger partial charge on any atom is -0.332 e. The van der Waals surface area contributed by atoms with E-state index in [1.807, 2.05) is 6.07 Å². The van der Waals surface area contributed by atoms with E-state index in [9.17, 15) is 9.59 Å². The Bertz CT molecular complexity index is 530. The predicted molar refractivity (Wildman–Crippen MR) is 69.2 cm³/mol. The topological polar surface area (TPSA) is 85.2 Å². The van der Waals surface area contributed by atoms with Crippen molar-refractivity contribution in [1.82, 2.24) is 10.2 Å². The summed E-state index contributed by atoms with van der Waals surface area (Å²) in [7, 11) is 0. The molecule has 0 atom stereocenters. The normalized spacial score (nSPS) is 14.6. The number of carbonyl (C=O) groups is 2. The number of anilines is 1. The van der Waals surface area contributed by atoms with Crippen LogP contribution in [0.3, 0.4) is 0 Å². The van der Waals surface area contributed by atoms with Crippen LogP contribution in [0.25, 0.3) is 0 Å². The molecule has 1 heterocycles. The van der Waals surface area contributed by atoms with Crippen molar-refractivity contribution in [3.63, 3.8) is 0 Å². The van der Waals surface area contributed by atoms with Crippen molar-refractivity contribution in [2.75, 3.05) is 31.5 Å². The number of nitrogens with zero attached hydrogens (tertiary/aromatic N) is 2. The average molecular weight is 258 g/mol. The lowest BCUT2D eigenvalue weighted by Crippen LogP contribution is -2.49. The van der Waals surface area contributed by atoms with Gasteiger partial charge in [-0.2, -0.15) is 5.26 Å². The third-order valence-corrected chi connectivity index (χ3v) is 2.85. The summed E-state index contributed by atoms with van der Waals surface area (Å²) in [6.45, 7) is 2.46. The zero-order valence-electron chi connectivity index (χ0n) is 10.3. The summed E-state index contributed by atoms with van der Waals surface area (Å²) < 4.78 is 0. The number of piperazine rings is 1. The van der Waals surface area contributed by atoms with E-state index in [-0.39, 0.29) is 0 Å². The molecule has 6 heteroatoms. The zero-order chi connectivity index (χ0) is 13.7. The lowest BCUT2D eigenvalue weighted by molar-refractivity contribution is -0.143. The lowest BCUT2D eigenvalue weighted by atomic mass is 10.2. The lowest BCUT2D eigenvalue weighted by Gasteiger charge is -2.26. The molecule has 0 saturated carbocycles. The molecule has 0 radical (unpaired) electrons. The van der Waals surface area contributed by atoms with Gasteiger partial charge in [0.2, 0.25) is 0 Å². The minimum atomic E-state index is -0.669. The van der Waals surface area contributed by atoms with E-state index >= 15 is 0 Å². The highest BCUT2D eigenvalue weighted by atomic mass is 16.2. The minimum absolute atomic E-state index is 0.437. The number of nitriles is 1. The molecule has 0 bridgehead atoms. The fourth-order valence-electron chi connectivity index (χ4n) is 1.86. The Morgan fingerprint density at radius 3 is 2.74 bits per heavy atom. The SMILES string of the molecule is N#Cc1cccc(NC(=O)C(=O)N2CCNCC2)c1. The molecule has 1 aromatic carbocycles. The Labute approximate surface area is 111 Å². The van der Waals surface area contributed by atoms with Gasteiger partial charge in [-0.05, 0) is 18.2 Å². The molecule has 0 spiro atoms. The van der Waals surface area contributed by atoms with Crippen molar-refractivity contribution in [3.05, 3.63) is 29.8 Å². The maximum absolute atomic E-state index is 11.9. The smallest absolute Gasteiger partial charge is 0.313 e. The summed E-state index contributed by atoms with van der Waals surface area (Å²) in [5.41, 5.74) is 0.889. The van der Waals surface area contributed by atoms with Crippen LogP contribution in [0.4, 0.5) is 5.69 Å². The summed E-state index contributed by atoms with van der Waals surface area (Å²) in [6.07, 6.45) is 0. The van der Waals surface area contributed by atoms with Crippen molar-refractivity contribution in [2.45, 2.75) is 0 Å². The van der Waals surface area contributed by atoms with Gasteiger partial charge in [0, 0.05) is 31.9 Å². The van der Waals surface area contributed by atoms with Gasteiger partial charge in [0.25, 0.3) is 0 Å². The molecule has 0 aromatic heterocycles. The number of hydrogen-bond acceptors (Lipinski definition) is 4. The van der Waals surface area contributed by atoms with Crippen molar-refractivity contribution in [2.24, 2.45) is 0 Å². The van der Waals surface area contributed by atoms with Crippen LogP contribution in [0.2, 0.25) is 0 Å². The third kappa shape index (κ3) is 3.30. The summed E-state index contributed by atoms with van der Waals surface area (Å²) >= 11 is 0. The second-order valence-corrected chi connectivity index (χ2v) is 4.19. The van der Waals surface area contributed by atoms with E-state index in [0.29, 0.717) is 37.4 Å². The molecule has 2 rings (SSSR count). The second-order valence-electron chi connectivity index (χ2n) is 4.19. The summed E-state index contributed by atoms with van der Waals surface area (Å²) in [4.78, 5) is 25.2. The van der Waals surface area contributed by atoms with Gasteiger partial charge in [-0.25, -0.2) is 0 Å². The first kappa shape index (κ1) is 13.1. The van der Waals surface area contributed by atoms with E-state index < -0.39 is 11.8 Å². The molecule has 1 aliphatic heterocycles. The number of nitrogens with one attached hydrogen (secondary N) is 2. The first-order valence-electron chi connectivity index (χ1n) is 6.02. The molecular formula is C13H14N4O2. The Balaban J connectivity index is 2.00. The van der Waals surface area contributed by atoms with E-state index in [2.05, 4.69) is 10.6 Å². The molecule has 2 N–H and O–H groups in total. The molecule has 98 valence electrons. The highest BCUT2D eigenvalue weighted by molar-refractivity contribution is 6.39. The summed E-state index contributed by atoms with van der Waals surface area (Å²) in [5.74, 6) is -1.21. The molecule has 2 amide bonds. The predicted octanol–water partition coefficient (Wildman–Crippen LogP) is -0.0714. The zero-order valence-corrected chi connectivity index (χ0v) is 10.3. The number of amides is 2. The number of hydrogen-bond donors (Lipinski definition) is 2. The standard InChI is InChI=1S/C13H14N4O2/c14-9-10-2-1-3-11(8-10)16-12(18)13(19)17-6-4-15-5-7-17/h1-3,8,15H,4-7H2,(H,16,18). The average Bonchev–Trinajstić information content (AvgIpc) is 2.47. The van der Waals surface area contributed by atoms with Crippen LogP contribution in [-0.2, 0) is 9.59 Å². The molecule has 1 fully saturated rings. The van der Waals surface area contributed by atoms with E-state index in [1.54, 1.807) is 18.2 Å². The van der Waals surface area contributed by atoms with Crippen molar-refractivity contribution < 1.29 is 9.59 Å². The first-order chi connectivity index (χ1) is 9.20. The molecule has 1 saturated heterocycles. The highest BCUT2D eigenvalue weighted by Gasteiger charge is 2.23. The maximum Gasteiger partial charge on any atom is 0.313 e. The molecular weight excluding hydrogens is 244 g/mol. The Morgan fingerprint density at radius 1 is 1.32 bits per heavy atom. The molecule has 19 heavy (non-hydrogen) atoms. The van der Waals surface area contributed by atoms with E-state index in [0.717, 1.165) is 0 Å². The van der Waals surface area contributed by atoms with Crippen molar-refractivity contribution in [3.8, 4) is 6.07 Å². The largest absolute Gasteiger partial charge is 0.332 e. The van der Waals surface area contributed by atoms with Gasteiger partial charge in [0.05, 0.1) is 11.6 Å². The van der Waals surface area contributed by atoms with Crippen LogP contribution in [0.1, 0.15) is 5.56 Å². The van der Waals surface area contributed by atoms with Crippen molar-refractivity contribution in [1.29, 1.82) is 5.26 Å². The van der Waals surface area contributed by atoms with Crippen LogP contribution >= 0.6 is 0 Å². The fraction of sp³-hybridized carbons (Fsp3) is 0.308. The quantitative estimate of drug-likeness (QED) is 0.690. The summed E-state index contributed by atoms with van der Waals surface area (Å²) in [6, 6.07) is 8.44. The number of rotatable bonds is 1. The molecule has 1 aromatic rings. The maximum atomic E-state index is 11.9. The molecule has 1 aliphatic rings. The Kier molecular flexibility index (Phi) is 4.11. The van der Waals surface area contributed by atoms with Crippen LogP contribution < -0.4 is 10.6 Å². The third-order valence-electron chi connectivity index (χ3n) is 2.85.